The van der Waals surface area contributed by atoms with Crippen molar-refractivity contribution in [3.63, 3.8) is 0 Å². The number of alkyl halides is 3. The van der Waals surface area contributed by atoms with Gasteiger partial charge in [-0.1, -0.05) is 32.0 Å². The minimum absolute atomic E-state index is 0.232. The van der Waals surface area contributed by atoms with Gasteiger partial charge in [-0.15, -0.1) is 0 Å². The number of halogens is 3. The number of aliphatic imine (C=N–C) groups is 1. The highest BCUT2D eigenvalue weighted by Gasteiger charge is 2.41. The predicted octanol–water partition coefficient (Wildman–Crippen LogP) is 3.47. The van der Waals surface area contributed by atoms with Gasteiger partial charge in [0.1, 0.15) is 0 Å². The van der Waals surface area contributed by atoms with Gasteiger partial charge in [-0.05, 0) is 30.9 Å². The van der Waals surface area contributed by atoms with E-state index in [9.17, 15) is 13.2 Å². The fraction of sp³-hybridized carbons (Fsp3) is 0.632. The Morgan fingerprint density at radius 3 is 2.54 bits per heavy atom. The van der Waals surface area contributed by atoms with Crippen LogP contribution in [0.4, 0.5) is 13.2 Å². The van der Waals surface area contributed by atoms with E-state index in [-0.39, 0.29) is 12.1 Å². The number of nitrogens with one attached hydrogen (secondary N) is 2. The topological polar surface area (TPSA) is 45.7 Å². The van der Waals surface area contributed by atoms with Crippen molar-refractivity contribution in [3.8, 4) is 0 Å². The molecule has 0 amide bonds. The monoisotopic (exact) mass is 369 g/mol. The van der Waals surface area contributed by atoms with Crippen molar-refractivity contribution < 1.29 is 17.9 Å². The minimum Gasteiger partial charge on any atom is -0.373 e. The number of hydrogen-bond acceptors (Lipinski definition) is 2. The second-order valence-electron chi connectivity index (χ2n) is 7.75. The molecule has 0 radical (unpaired) electrons. The molecule has 0 aromatic heterocycles. The number of hydrogen-bond donors (Lipinski definition) is 2. The first kappa shape index (κ1) is 19.0. The van der Waals surface area contributed by atoms with Gasteiger partial charge in [0.05, 0.1) is 23.8 Å². The molecule has 0 saturated carbocycles. The fourth-order valence-corrected chi connectivity index (χ4v) is 3.68. The third-order valence-electron chi connectivity index (χ3n) is 5.32. The van der Waals surface area contributed by atoms with Crippen LogP contribution in [-0.2, 0) is 16.3 Å². The summed E-state index contributed by atoms with van der Waals surface area (Å²) in [6, 6.07) is 5.76. The van der Waals surface area contributed by atoms with Crippen molar-refractivity contribution in [2.24, 2.45) is 4.99 Å². The number of fused-ring (bicyclic) bond motifs is 2. The van der Waals surface area contributed by atoms with Gasteiger partial charge in [0.25, 0.3) is 0 Å². The Kier molecular flexibility index (Phi) is 5.19. The summed E-state index contributed by atoms with van der Waals surface area (Å²) in [5, 5.41) is 6.65. The summed E-state index contributed by atoms with van der Waals surface area (Å²) in [5.74, 6) is 0.659. The van der Waals surface area contributed by atoms with Gasteiger partial charge in [0.2, 0.25) is 0 Å². The fourth-order valence-electron chi connectivity index (χ4n) is 3.68. The van der Waals surface area contributed by atoms with Gasteiger partial charge in [-0.25, -0.2) is 0 Å². The molecule has 2 aliphatic rings. The molecule has 2 N–H and O–H groups in total. The van der Waals surface area contributed by atoms with Crippen molar-refractivity contribution in [2.75, 3.05) is 13.6 Å². The average molecular weight is 369 g/mol. The Hall–Kier alpha value is -1.76. The molecular weight excluding hydrogens is 343 g/mol. The molecule has 1 aromatic carbocycles. The van der Waals surface area contributed by atoms with Crippen LogP contribution in [0.25, 0.3) is 0 Å². The summed E-state index contributed by atoms with van der Waals surface area (Å²) in [7, 11) is 1.70. The van der Waals surface area contributed by atoms with Crippen LogP contribution in [0.3, 0.4) is 0 Å². The van der Waals surface area contributed by atoms with Crippen LogP contribution < -0.4 is 10.6 Å². The molecule has 2 fully saturated rings. The summed E-state index contributed by atoms with van der Waals surface area (Å²) in [4.78, 5) is 4.25. The van der Waals surface area contributed by atoms with E-state index in [4.69, 9.17) is 4.74 Å². The predicted molar refractivity (Wildman–Crippen MR) is 95.3 cm³/mol. The van der Waals surface area contributed by atoms with Crippen LogP contribution >= 0.6 is 0 Å². The van der Waals surface area contributed by atoms with E-state index in [1.807, 2.05) is 13.8 Å². The van der Waals surface area contributed by atoms with Crippen LogP contribution in [-0.4, -0.2) is 37.8 Å². The zero-order chi connectivity index (χ0) is 18.9. The lowest BCUT2D eigenvalue weighted by molar-refractivity contribution is -0.137. The Morgan fingerprint density at radius 1 is 1.23 bits per heavy atom. The van der Waals surface area contributed by atoms with Crippen molar-refractivity contribution in [2.45, 2.75) is 63.0 Å². The van der Waals surface area contributed by atoms with Crippen molar-refractivity contribution >= 4 is 5.96 Å². The third kappa shape index (κ3) is 4.14. The largest absolute Gasteiger partial charge is 0.416 e. The van der Waals surface area contributed by atoms with Crippen LogP contribution in [0.5, 0.6) is 0 Å². The number of nitrogens with zero attached hydrogens (tertiary/aromatic N) is 1. The smallest absolute Gasteiger partial charge is 0.373 e. The van der Waals surface area contributed by atoms with Crippen molar-refractivity contribution in [1.82, 2.24) is 10.6 Å². The quantitative estimate of drug-likeness (QED) is 0.631. The Bertz CT molecular complexity index is 672. The van der Waals surface area contributed by atoms with E-state index in [0.717, 1.165) is 25.3 Å². The Labute approximate surface area is 152 Å². The Morgan fingerprint density at radius 2 is 1.96 bits per heavy atom. The first-order valence-electron chi connectivity index (χ1n) is 8.99. The summed E-state index contributed by atoms with van der Waals surface area (Å²) < 4.78 is 44.7. The van der Waals surface area contributed by atoms with E-state index in [0.29, 0.717) is 24.2 Å². The molecule has 144 valence electrons. The number of guanidine groups is 1. The normalized spacial score (nSPS) is 26.2. The number of ether oxygens (including phenoxy) is 1. The highest BCUT2D eigenvalue weighted by atomic mass is 19.4. The van der Waals surface area contributed by atoms with Crippen LogP contribution in [0.2, 0.25) is 0 Å². The summed E-state index contributed by atoms with van der Waals surface area (Å²) in [6.45, 7) is 4.31. The van der Waals surface area contributed by atoms with Gasteiger partial charge in [-0.3, -0.25) is 4.99 Å². The standard InChI is InChI=1S/C19H26F3N3O/c1-18(2,12-5-4-6-13(9-12)19(20,21)22)11-24-17(23-3)25-15-10-14-7-8-16(15)26-14/h4-6,9,14-16H,7-8,10-11H2,1-3H3,(H2,23,24,25). The molecule has 2 aliphatic heterocycles. The SMILES string of the molecule is CN=C(NCC(C)(C)c1cccc(C(F)(F)F)c1)NC1CC2CCC1O2. The third-order valence-corrected chi connectivity index (χ3v) is 5.32. The van der Waals surface area contributed by atoms with E-state index in [1.54, 1.807) is 13.1 Å². The highest BCUT2D eigenvalue weighted by Crippen LogP contribution is 2.34. The molecule has 1 aromatic rings. The molecule has 0 aliphatic carbocycles. The lowest BCUT2D eigenvalue weighted by atomic mass is 9.84. The molecule has 4 nitrogen and oxygen atoms in total. The highest BCUT2D eigenvalue weighted by molar-refractivity contribution is 5.80. The molecule has 3 atom stereocenters. The van der Waals surface area contributed by atoms with E-state index < -0.39 is 17.2 Å². The number of benzene rings is 1. The second-order valence-corrected chi connectivity index (χ2v) is 7.75. The maximum atomic E-state index is 13.0. The zero-order valence-electron chi connectivity index (χ0n) is 15.4. The van der Waals surface area contributed by atoms with E-state index in [2.05, 4.69) is 15.6 Å². The van der Waals surface area contributed by atoms with Gasteiger partial charge in [-0.2, -0.15) is 13.2 Å². The zero-order valence-corrected chi connectivity index (χ0v) is 15.4. The van der Waals surface area contributed by atoms with E-state index in [1.165, 1.54) is 12.1 Å². The summed E-state index contributed by atoms with van der Waals surface area (Å²) in [5.41, 5.74) is -0.465. The molecular formula is C19H26F3N3O. The first-order chi connectivity index (χ1) is 12.2. The molecule has 3 rings (SSSR count). The molecule has 2 bridgehead atoms. The van der Waals surface area contributed by atoms with Gasteiger partial charge in [0.15, 0.2) is 5.96 Å². The van der Waals surface area contributed by atoms with Gasteiger partial charge in [0, 0.05) is 19.0 Å². The number of rotatable bonds is 4. The minimum atomic E-state index is -4.33. The van der Waals surface area contributed by atoms with Crippen LogP contribution in [0, 0.1) is 0 Å². The molecule has 2 heterocycles. The molecule has 3 unspecified atom stereocenters. The van der Waals surface area contributed by atoms with Gasteiger partial charge >= 0.3 is 6.18 Å². The molecule has 26 heavy (non-hydrogen) atoms. The lowest BCUT2D eigenvalue weighted by Gasteiger charge is -2.29. The second kappa shape index (κ2) is 7.10. The van der Waals surface area contributed by atoms with Gasteiger partial charge < -0.3 is 15.4 Å². The summed E-state index contributed by atoms with van der Waals surface area (Å²) in [6.07, 6.45) is -0.597. The van der Waals surface area contributed by atoms with E-state index >= 15 is 0 Å². The maximum Gasteiger partial charge on any atom is 0.416 e. The van der Waals surface area contributed by atoms with Crippen molar-refractivity contribution in [3.05, 3.63) is 35.4 Å². The first-order valence-corrected chi connectivity index (χ1v) is 8.99. The molecule has 7 heteroatoms. The summed E-state index contributed by atoms with van der Waals surface area (Å²) >= 11 is 0. The Balaban J connectivity index is 1.61. The molecule has 0 spiro atoms. The lowest BCUT2D eigenvalue weighted by Crippen LogP contribution is -2.49. The average Bonchev–Trinajstić information content (AvgIpc) is 3.21. The maximum absolute atomic E-state index is 13.0. The van der Waals surface area contributed by atoms with Crippen molar-refractivity contribution in [1.29, 1.82) is 0 Å². The van der Waals surface area contributed by atoms with Crippen LogP contribution in [0.15, 0.2) is 29.3 Å². The molecule has 2 saturated heterocycles. The van der Waals surface area contributed by atoms with Crippen LogP contribution in [0.1, 0.15) is 44.2 Å².